The first-order valence-corrected chi connectivity index (χ1v) is 10.2. The number of amides is 1. The number of hydrogen-bond donors (Lipinski definition) is 2. The highest BCUT2D eigenvalue weighted by atomic mass is 16.5. The van der Waals surface area contributed by atoms with Gasteiger partial charge in [0.1, 0.15) is 17.2 Å². The highest BCUT2D eigenvalue weighted by Gasteiger charge is 2.24. The molecule has 1 heterocycles. The Hall–Kier alpha value is -3.74. The Morgan fingerprint density at radius 3 is 2.00 bits per heavy atom. The molecule has 2 N–H and O–H groups in total. The van der Waals surface area contributed by atoms with Crippen molar-refractivity contribution in [1.82, 2.24) is 10.3 Å². The number of H-pyrrole nitrogens is 1. The van der Waals surface area contributed by atoms with Crippen LogP contribution in [0.3, 0.4) is 0 Å². The Kier molecular flexibility index (Phi) is 7.20. The van der Waals surface area contributed by atoms with Gasteiger partial charge in [0.05, 0.1) is 32.9 Å². The largest absolute Gasteiger partial charge is 0.497 e. The van der Waals surface area contributed by atoms with Gasteiger partial charge in [-0.3, -0.25) is 4.79 Å². The lowest BCUT2D eigenvalue weighted by atomic mass is 9.98. The SMILES string of the molecule is COC(=O)c1c(C)[nH]c(C(=O)NC(Cc2ccc(OC)cc2)c2ccc(OC)cc2)c1C. The summed E-state index contributed by atoms with van der Waals surface area (Å²) in [5, 5.41) is 3.11. The van der Waals surface area contributed by atoms with Crippen LogP contribution < -0.4 is 14.8 Å². The molecular weight excluding hydrogens is 408 g/mol. The van der Waals surface area contributed by atoms with Crippen LogP contribution in [-0.4, -0.2) is 38.2 Å². The van der Waals surface area contributed by atoms with Crippen LogP contribution in [0.5, 0.6) is 11.5 Å². The first-order chi connectivity index (χ1) is 15.4. The first-order valence-electron chi connectivity index (χ1n) is 10.2. The van der Waals surface area contributed by atoms with E-state index in [-0.39, 0.29) is 11.9 Å². The molecule has 0 radical (unpaired) electrons. The second-order valence-electron chi connectivity index (χ2n) is 7.47. The molecule has 0 saturated heterocycles. The number of aromatic nitrogens is 1. The number of aryl methyl sites for hydroxylation is 1. The molecule has 7 nitrogen and oxygen atoms in total. The number of carbonyl (C=O) groups is 2. The molecule has 3 aromatic rings. The summed E-state index contributed by atoms with van der Waals surface area (Å²) in [6.07, 6.45) is 0.574. The van der Waals surface area contributed by atoms with Gasteiger partial charge in [0, 0.05) is 5.69 Å². The maximum atomic E-state index is 13.2. The molecule has 0 bridgehead atoms. The van der Waals surface area contributed by atoms with Crippen LogP contribution >= 0.6 is 0 Å². The third-order valence-corrected chi connectivity index (χ3v) is 5.48. The molecule has 2 aromatic carbocycles. The Morgan fingerprint density at radius 2 is 1.47 bits per heavy atom. The van der Waals surface area contributed by atoms with Gasteiger partial charge >= 0.3 is 5.97 Å². The molecule has 1 unspecified atom stereocenters. The molecular formula is C25H28N2O5. The Balaban J connectivity index is 1.90. The summed E-state index contributed by atoms with van der Waals surface area (Å²) in [4.78, 5) is 28.3. The summed E-state index contributed by atoms with van der Waals surface area (Å²) in [5.41, 5.74) is 3.86. The number of carbonyl (C=O) groups excluding carboxylic acids is 2. The molecule has 7 heteroatoms. The fraction of sp³-hybridized carbons (Fsp3) is 0.280. The van der Waals surface area contributed by atoms with Crippen LogP contribution in [0.25, 0.3) is 0 Å². The smallest absolute Gasteiger partial charge is 0.339 e. The Bertz CT molecular complexity index is 1080. The number of methoxy groups -OCH3 is 3. The maximum Gasteiger partial charge on any atom is 0.339 e. The molecule has 1 atom stereocenters. The number of esters is 1. The predicted molar refractivity (Wildman–Crippen MR) is 122 cm³/mol. The molecule has 0 spiro atoms. The summed E-state index contributed by atoms with van der Waals surface area (Å²) >= 11 is 0. The van der Waals surface area contributed by atoms with Crippen LogP contribution in [0.15, 0.2) is 48.5 Å². The number of ether oxygens (including phenoxy) is 3. The minimum absolute atomic E-state index is 0.296. The summed E-state index contributed by atoms with van der Waals surface area (Å²) in [7, 11) is 4.56. The molecule has 32 heavy (non-hydrogen) atoms. The number of hydrogen-bond acceptors (Lipinski definition) is 5. The number of benzene rings is 2. The molecule has 1 amide bonds. The zero-order valence-corrected chi connectivity index (χ0v) is 18.9. The summed E-state index contributed by atoms with van der Waals surface area (Å²) in [6, 6.07) is 15.0. The minimum atomic E-state index is -0.472. The van der Waals surface area contributed by atoms with Crippen LogP contribution in [0.4, 0.5) is 0 Å². The van der Waals surface area contributed by atoms with E-state index in [1.54, 1.807) is 28.1 Å². The summed E-state index contributed by atoms with van der Waals surface area (Å²) < 4.78 is 15.3. The van der Waals surface area contributed by atoms with Crippen molar-refractivity contribution in [2.75, 3.05) is 21.3 Å². The molecule has 0 aliphatic carbocycles. The van der Waals surface area contributed by atoms with Crippen LogP contribution in [0.2, 0.25) is 0 Å². The van der Waals surface area contributed by atoms with E-state index in [0.29, 0.717) is 28.9 Å². The monoisotopic (exact) mass is 436 g/mol. The molecule has 168 valence electrons. The van der Waals surface area contributed by atoms with Crippen molar-refractivity contribution in [1.29, 1.82) is 0 Å². The van der Waals surface area contributed by atoms with Gasteiger partial charge in [-0.2, -0.15) is 0 Å². The fourth-order valence-electron chi connectivity index (χ4n) is 3.70. The fourth-order valence-corrected chi connectivity index (χ4v) is 3.70. The highest BCUT2D eigenvalue weighted by molar-refractivity contribution is 6.00. The van der Waals surface area contributed by atoms with E-state index in [1.807, 2.05) is 48.5 Å². The zero-order valence-electron chi connectivity index (χ0n) is 18.9. The maximum absolute atomic E-state index is 13.2. The Labute approximate surface area is 187 Å². The van der Waals surface area contributed by atoms with Gasteiger partial charge in [-0.15, -0.1) is 0 Å². The molecule has 1 aromatic heterocycles. The second-order valence-corrected chi connectivity index (χ2v) is 7.47. The van der Waals surface area contributed by atoms with Crippen molar-refractivity contribution in [3.8, 4) is 11.5 Å². The van der Waals surface area contributed by atoms with Crippen LogP contribution in [0, 0.1) is 13.8 Å². The lowest BCUT2D eigenvalue weighted by Crippen LogP contribution is -2.30. The molecule has 0 aliphatic heterocycles. The van der Waals surface area contributed by atoms with E-state index in [2.05, 4.69) is 10.3 Å². The van der Waals surface area contributed by atoms with Crippen molar-refractivity contribution in [2.24, 2.45) is 0 Å². The normalized spacial score (nSPS) is 11.5. The van der Waals surface area contributed by atoms with Crippen molar-refractivity contribution < 1.29 is 23.8 Å². The number of nitrogens with one attached hydrogen (secondary N) is 2. The van der Waals surface area contributed by atoms with Crippen LogP contribution in [-0.2, 0) is 11.2 Å². The van der Waals surface area contributed by atoms with E-state index >= 15 is 0 Å². The summed E-state index contributed by atoms with van der Waals surface area (Å²) in [6.45, 7) is 3.48. The van der Waals surface area contributed by atoms with Crippen molar-refractivity contribution in [3.05, 3.63) is 82.2 Å². The third-order valence-electron chi connectivity index (χ3n) is 5.48. The van der Waals surface area contributed by atoms with Gasteiger partial charge in [-0.25, -0.2) is 4.79 Å². The average Bonchev–Trinajstić information content (AvgIpc) is 3.12. The van der Waals surface area contributed by atoms with Gasteiger partial charge in [0.15, 0.2) is 0 Å². The highest BCUT2D eigenvalue weighted by Crippen LogP contribution is 2.25. The van der Waals surface area contributed by atoms with Crippen molar-refractivity contribution in [2.45, 2.75) is 26.3 Å². The van der Waals surface area contributed by atoms with E-state index in [1.165, 1.54) is 7.11 Å². The van der Waals surface area contributed by atoms with Crippen LogP contribution in [0.1, 0.15) is 49.3 Å². The van der Waals surface area contributed by atoms with E-state index < -0.39 is 5.97 Å². The molecule has 0 fully saturated rings. The van der Waals surface area contributed by atoms with Gasteiger partial charge in [0.25, 0.3) is 5.91 Å². The zero-order chi connectivity index (χ0) is 23.3. The van der Waals surface area contributed by atoms with Gasteiger partial charge in [-0.05, 0) is 61.2 Å². The predicted octanol–water partition coefficient (Wildman–Crippen LogP) is 4.15. The van der Waals surface area contributed by atoms with E-state index in [9.17, 15) is 9.59 Å². The number of aromatic amines is 1. The van der Waals surface area contributed by atoms with Gasteiger partial charge in [0.2, 0.25) is 0 Å². The average molecular weight is 437 g/mol. The van der Waals surface area contributed by atoms with E-state index in [0.717, 1.165) is 22.6 Å². The lowest BCUT2D eigenvalue weighted by molar-refractivity contribution is 0.0599. The molecule has 0 aliphatic rings. The minimum Gasteiger partial charge on any atom is -0.497 e. The topological polar surface area (TPSA) is 89.7 Å². The van der Waals surface area contributed by atoms with Gasteiger partial charge in [-0.1, -0.05) is 24.3 Å². The van der Waals surface area contributed by atoms with E-state index in [4.69, 9.17) is 14.2 Å². The third kappa shape index (κ3) is 4.94. The quantitative estimate of drug-likeness (QED) is 0.518. The standard InChI is InChI=1S/C25H28N2O5/c1-15-22(25(29)32-5)16(2)26-23(15)24(28)27-21(18-8-12-20(31-4)13-9-18)14-17-6-10-19(30-3)11-7-17/h6-13,21,26H,14H2,1-5H3,(H,27,28). The Morgan fingerprint density at radius 1 is 0.906 bits per heavy atom. The lowest BCUT2D eigenvalue weighted by Gasteiger charge is -2.20. The van der Waals surface area contributed by atoms with Crippen molar-refractivity contribution >= 4 is 11.9 Å². The number of rotatable bonds is 8. The molecule has 0 saturated carbocycles. The summed E-state index contributed by atoms with van der Waals surface area (Å²) in [5.74, 6) is 0.740. The first kappa shape index (κ1) is 22.9. The van der Waals surface area contributed by atoms with Crippen molar-refractivity contribution in [3.63, 3.8) is 0 Å². The second kappa shape index (κ2) is 10.0. The molecule has 3 rings (SSSR count). The van der Waals surface area contributed by atoms with Gasteiger partial charge < -0.3 is 24.5 Å².